The van der Waals surface area contributed by atoms with Gasteiger partial charge in [-0.3, -0.25) is 4.79 Å². The fourth-order valence-corrected chi connectivity index (χ4v) is 1.18. The molecule has 5 heteroatoms. The molecule has 1 aromatic carbocycles. The van der Waals surface area contributed by atoms with Gasteiger partial charge >= 0.3 is 5.97 Å². The standard InChI is InChI=1S/C11H10F2O3/c1-16-3-2-7-4-8(5-11(14)15)10(13)6-9(7)12/h2-4,6H,5H2,1H3,(H,14,15). The molecule has 0 aliphatic carbocycles. The third kappa shape index (κ3) is 3.05. The molecule has 1 aromatic rings. The van der Waals surface area contributed by atoms with E-state index >= 15 is 0 Å². The highest BCUT2D eigenvalue weighted by Gasteiger charge is 2.11. The molecule has 0 atom stereocenters. The minimum absolute atomic E-state index is 0.0651. The molecule has 0 aliphatic rings. The van der Waals surface area contributed by atoms with Crippen LogP contribution in [-0.2, 0) is 16.0 Å². The smallest absolute Gasteiger partial charge is 0.307 e. The number of hydrogen-bond donors (Lipinski definition) is 1. The zero-order valence-corrected chi connectivity index (χ0v) is 8.54. The van der Waals surface area contributed by atoms with Gasteiger partial charge in [0.1, 0.15) is 11.6 Å². The highest BCUT2D eigenvalue weighted by molar-refractivity contribution is 5.70. The van der Waals surface area contributed by atoms with E-state index in [1.165, 1.54) is 19.4 Å². The number of benzene rings is 1. The number of carboxylic acids is 1. The largest absolute Gasteiger partial charge is 0.504 e. The second kappa shape index (κ2) is 5.25. The monoisotopic (exact) mass is 228 g/mol. The summed E-state index contributed by atoms with van der Waals surface area (Å²) >= 11 is 0. The lowest BCUT2D eigenvalue weighted by Crippen LogP contribution is -2.03. The number of carboxylic acid groups (broad SMARTS) is 1. The number of ether oxygens (including phenoxy) is 1. The van der Waals surface area contributed by atoms with Crippen molar-refractivity contribution in [2.75, 3.05) is 7.11 Å². The fourth-order valence-electron chi connectivity index (χ4n) is 1.18. The molecule has 0 heterocycles. The maximum Gasteiger partial charge on any atom is 0.307 e. The first kappa shape index (κ1) is 12.2. The van der Waals surface area contributed by atoms with Gasteiger partial charge in [0.2, 0.25) is 0 Å². The Morgan fingerprint density at radius 2 is 2.12 bits per heavy atom. The molecule has 0 spiro atoms. The molecular weight excluding hydrogens is 218 g/mol. The van der Waals surface area contributed by atoms with Crippen LogP contribution in [0.2, 0.25) is 0 Å². The van der Waals surface area contributed by atoms with Crippen molar-refractivity contribution in [3.8, 4) is 0 Å². The van der Waals surface area contributed by atoms with Crippen molar-refractivity contribution in [2.24, 2.45) is 0 Å². The highest BCUT2D eigenvalue weighted by atomic mass is 19.1. The number of carbonyl (C=O) groups is 1. The van der Waals surface area contributed by atoms with Gasteiger partial charge in [0.15, 0.2) is 0 Å². The van der Waals surface area contributed by atoms with Crippen molar-refractivity contribution in [3.63, 3.8) is 0 Å². The molecule has 0 saturated carbocycles. The molecule has 1 rings (SSSR count). The van der Waals surface area contributed by atoms with Crippen molar-refractivity contribution in [1.82, 2.24) is 0 Å². The topological polar surface area (TPSA) is 46.5 Å². The SMILES string of the molecule is COC=Cc1cc(CC(=O)O)c(F)cc1F. The molecule has 0 amide bonds. The molecule has 0 radical (unpaired) electrons. The second-order valence-corrected chi connectivity index (χ2v) is 3.07. The average Bonchev–Trinajstić information content (AvgIpc) is 2.20. The Bertz CT molecular complexity index is 427. The Labute approximate surface area is 91.0 Å². The summed E-state index contributed by atoms with van der Waals surface area (Å²) in [4.78, 5) is 10.4. The molecule has 3 nitrogen and oxygen atoms in total. The summed E-state index contributed by atoms with van der Waals surface area (Å²) in [6.07, 6.45) is 2.03. The summed E-state index contributed by atoms with van der Waals surface area (Å²) in [6, 6.07) is 1.81. The van der Waals surface area contributed by atoms with E-state index in [4.69, 9.17) is 5.11 Å². The quantitative estimate of drug-likeness (QED) is 0.803. The van der Waals surface area contributed by atoms with Crippen LogP contribution in [0.4, 0.5) is 8.78 Å². The van der Waals surface area contributed by atoms with Gasteiger partial charge in [-0.1, -0.05) is 0 Å². The maximum absolute atomic E-state index is 13.2. The molecule has 1 N–H and O–H groups in total. The first-order valence-corrected chi connectivity index (χ1v) is 4.43. The zero-order valence-electron chi connectivity index (χ0n) is 8.54. The van der Waals surface area contributed by atoms with Crippen molar-refractivity contribution in [3.05, 3.63) is 41.2 Å². The summed E-state index contributed by atoms with van der Waals surface area (Å²) < 4.78 is 30.9. The molecule has 0 fully saturated rings. The van der Waals surface area contributed by atoms with E-state index in [1.807, 2.05) is 0 Å². The van der Waals surface area contributed by atoms with Crippen LogP contribution in [0.1, 0.15) is 11.1 Å². The Morgan fingerprint density at radius 3 is 2.69 bits per heavy atom. The molecule has 0 bridgehead atoms. The molecular formula is C11H10F2O3. The molecule has 0 saturated heterocycles. The number of rotatable bonds is 4. The van der Waals surface area contributed by atoms with Crippen molar-refractivity contribution >= 4 is 12.0 Å². The van der Waals surface area contributed by atoms with Crippen LogP contribution < -0.4 is 0 Å². The number of hydrogen-bond acceptors (Lipinski definition) is 2. The van der Waals surface area contributed by atoms with Crippen LogP contribution in [0.15, 0.2) is 18.4 Å². The van der Waals surface area contributed by atoms with Gasteiger partial charge in [-0.15, -0.1) is 0 Å². The summed E-state index contributed by atoms with van der Waals surface area (Å²) in [5.74, 6) is -2.80. The third-order valence-corrected chi connectivity index (χ3v) is 1.89. The average molecular weight is 228 g/mol. The van der Waals surface area contributed by atoms with Crippen LogP contribution in [0.25, 0.3) is 6.08 Å². The van der Waals surface area contributed by atoms with E-state index in [2.05, 4.69) is 4.74 Å². The first-order chi connectivity index (χ1) is 7.54. The van der Waals surface area contributed by atoms with Gasteiger partial charge < -0.3 is 9.84 Å². The lowest BCUT2D eigenvalue weighted by atomic mass is 10.1. The predicted octanol–water partition coefficient (Wildman–Crippen LogP) is 2.21. The van der Waals surface area contributed by atoms with Gasteiger partial charge in [0, 0.05) is 11.6 Å². The van der Waals surface area contributed by atoms with Gasteiger partial charge in [0.05, 0.1) is 19.8 Å². The van der Waals surface area contributed by atoms with Crippen LogP contribution in [0.5, 0.6) is 0 Å². The van der Waals surface area contributed by atoms with Gasteiger partial charge in [-0.25, -0.2) is 8.78 Å². The fraction of sp³-hybridized carbons (Fsp3) is 0.182. The number of halogens is 2. The van der Waals surface area contributed by atoms with Crippen molar-refractivity contribution in [1.29, 1.82) is 0 Å². The van der Waals surface area contributed by atoms with E-state index in [-0.39, 0.29) is 11.1 Å². The van der Waals surface area contributed by atoms with Crippen molar-refractivity contribution in [2.45, 2.75) is 6.42 Å². The Hall–Kier alpha value is -1.91. The molecule has 16 heavy (non-hydrogen) atoms. The maximum atomic E-state index is 13.2. The lowest BCUT2D eigenvalue weighted by molar-refractivity contribution is -0.136. The van der Waals surface area contributed by atoms with E-state index in [9.17, 15) is 13.6 Å². The van der Waals surface area contributed by atoms with E-state index in [0.29, 0.717) is 6.07 Å². The molecule has 86 valence electrons. The Kier molecular flexibility index (Phi) is 3.99. The Balaban J connectivity index is 3.10. The zero-order chi connectivity index (χ0) is 12.1. The summed E-state index contributed by atoms with van der Waals surface area (Å²) in [6.45, 7) is 0. The van der Waals surface area contributed by atoms with E-state index in [1.54, 1.807) is 0 Å². The van der Waals surface area contributed by atoms with Crippen LogP contribution in [-0.4, -0.2) is 18.2 Å². The predicted molar refractivity (Wildman–Crippen MR) is 53.7 cm³/mol. The van der Waals surface area contributed by atoms with E-state index in [0.717, 1.165) is 6.07 Å². The molecule has 0 unspecified atom stereocenters. The van der Waals surface area contributed by atoms with Crippen molar-refractivity contribution < 1.29 is 23.4 Å². The van der Waals surface area contributed by atoms with Crippen LogP contribution >= 0.6 is 0 Å². The lowest BCUT2D eigenvalue weighted by Gasteiger charge is -2.03. The third-order valence-electron chi connectivity index (χ3n) is 1.89. The van der Waals surface area contributed by atoms with Gasteiger partial charge in [0.25, 0.3) is 0 Å². The van der Waals surface area contributed by atoms with Crippen LogP contribution in [0.3, 0.4) is 0 Å². The summed E-state index contributed by atoms with van der Waals surface area (Å²) in [5.41, 5.74) is 0.0177. The van der Waals surface area contributed by atoms with E-state index < -0.39 is 24.0 Å². The van der Waals surface area contributed by atoms with Crippen LogP contribution in [0, 0.1) is 11.6 Å². The minimum atomic E-state index is -1.17. The number of aliphatic carboxylic acids is 1. The highest BCUT2D eigenvalue weighted by Crippen LogP contribution is 2.17. The summed E-state index contributed by atoms with van der Waals surface area (Å²) in [7, 11) is 1.39. The molecule has 0 aromatic heterocycles. The normalized spacial score (nSPS) is 10.7. The number of methoxy groups -OCH3 is 1. The van der Waals surface area contributed by atoms with Gasteiger partial charge in [-0.05, 0) is 17.7 Å². The molecule has 0 aliphatic heterocycles. The first-order valence-electron chi connectivity index (χ1n) is 4.43. The second-order valence-electron chi connectivity index (χ2n) is 3.07. The summed E-state index contributed by atoms with van der Waals surface area (Å²) in [5, 5.41) is 8.52. The minimum Gasteiger partial charge on any atom is -0.504 e. The Morgan fingerprint density at radius 1 is 1.44 bits per heavy atom. The van der Waals surface area contributed by atoms with Gasteiger partial charge in [-0.2, -0.15) is 0 Å².